The number of aromatic nitrogens is 7. The Morgan fingerprint density at radius 1 is 0.737 bits per heavy atom. The van der Waals surface area contributed by atoms with Gasteiger partial charge in [-0.1, -0.05) is 36.4 Å². The lowest BCUT2D eigenvalue weighted by Crippen LogP contribution is -1.96. The molecular formula is C30H21N7O. The van der Waals surface area contributed by atoms with Crippen molar-refractivity contribution in [3.05, 3.63) is 109 Å². The van der Waals surface area contributed by atoms with Crippen LogP contribution >= 0.6 is 0 Å². The second-order valence-electron chi connectivity index (χ2n) is 8.90. The second-order valence-corrected chi connectivity index (χ2v) is 8.90. The zero-order chi connectivity index (χ0) is 25.3. The van der Waals surface area contributed by atoms with Crippen molar-refractivity contribution in [2.45, 2.75) is 6.61 Å². The number of H-pyrrole nitrogens is 2. The van der Waals surface area contributed by atoms with Gasteiger partial charge in [0, 0.05) is 52.2 Å². The first kappa shape index (κ1) is 21.9. The number of nitrogens with one attached hydrogen (secondary N) is 2. The molecule has 1 aromatic carbocycles. The molecule has 0 unspecified atom stereocenters. The molecule has 0 amide bonds. The van der Waals surface area contributed by atoms with E-state index in [-0.39, 0.29) is 0 Å². The summed E-state index contributed by atoms with van der Waals surface area (Å²) < 4.78 is 5.98. The van der Waals surface area contributed by atoms with Crippen molar-refractivity contribution in [2.75, 3.05) is 0 Å². The Hall–Kier alpha value is -5.37. The Labute approximate surface area is 217 Å². The fourth-order valence-electron chi connectivity index (χ4n) is 4.55. The Morgan fingerprint density at radius 2 is 1.63 bits per heavy atom. The molecule has 8 nitrogen and oxygen atoms in total. The number of aromatic amines is 2. The quantitative estimate of drug-likeness (QED) is 0.284. The fourth-order valence-corrected chi connectivity index (χ4v) is 4.55. The van der Waals surface area contributed by atoms with Crippen LogP contribution in [0.25, 0.3) is 55.8 Å². The molecule has 6 heterocycles. The van der Waals surface area contributed by atoms with Gasteiger partial charge in [0.1, 0.15) is 12.4 Å². The number of benzene rings is 1. The maximum atomic E-state index is 5.98. The molecule has 7 rings (SSSR count). The third-order valence-corrected chi connectivity index (χ3v) is 6.43. The lowest BCUT2D eigenvalue weighted by Gasteiger charge is -2.08. The summed E-state index contributed by atoms with van der Waals surface area (Å²) in [7, 11) is 0. The molecule has 7 aromatic rings. The summed E-state index contributed by atoms with van der Waals surface area (Å²) in [4.78, 5) is 21.6. The summed E-state index contributed by atoms with van der Waals surface area (Å²) in [5.74, 6) is 0.698. The van der Waals surface area contributed by atoms with Gasteiger partial charge in [0.15, 0.2) is 5.65 Å². The molecule has 0 aliphatic carbocycles. The summed E-state index contributed by atoms with van der Waals surface area (Å²) in [6.07, 6.45) is 8.90. The van der Waals surface area contributed by atoms with E-state index in [9.17, 15) is 0 Å². The molecule has 0 bridgehead atoms. The van der Waals surface area contributed by atoms with Gasteiger partial charge >= 0.3 is 0 Å². The number of pyridine rings is 4. The maximum absolute atomic E-state index is 5.98. The molecule has 0 fully saturated rings. The van der Waals surface area contributed by atoms with Gasteiger partial charge < -0.3 is 9.72 Å². The minimum absolute atomic E-state index is 0.477. The van der Waals surface area contributed by atoms with E-state index in [1.807, 2.05) is 66.9 Å². The van der Waals surface area contributed by atoms with E-state index >= 15 is 0 Å². The molecule has 182 valence electrons. The number of fused-ring (bicyclic) bond motifs is 2. The normalized spacial score (nSPS) is 11.3. The predicted octanol–water partition coefficient (Wildman–Crippen LogP) is 6.20. The van der Waals surface area contributed by atoms with E-state index in [0.29, 0.717) is 18.0 Å². The first-order valence-corrected chi connectivity index (χ1v) is 12.2. The number of ether oxygens (including phenoxy) is 1. The standard InChI is InChI=1S/C30H21N7O/c1-2-6-19(7-3-1)18-38-22-12-20(15-31-17-22)21-13-24-29(36-37-30(24)34-16-21)27-14-23-25(35-27)9-11-33-28(23)26-8-4-5-10-32-26/h1-17,35H,18H2,(H,34,36,37). The predicted molar refractivity (Wildman–Crippen MR) is 146 cm³/mol. The van der Waals surface area contributed by atoms with Gasteiger partial charge in [-0.05, 0) is 42.0 Å². The van der Waals surface area contributed by atoms with Crippen LogP contribution in [0, 0.1) is 0 Å². The smallest absolute Gasteiger partial charge is 0.181 e. The number of rotatable bonds is 6. The molecule has 2 N–H and O–H groups in total. The van der Waals surface area contributed by atoms with Gasteiger partial charge in [-0.3, -0.25) is 20.1 Å². The highest BCUT2D eigenvalue weighted by molar-refractivity contribution is 5.99. The molecule has 38 heavy (non-hydrogen) atoms. The second kappa shape index (κ2) is 9.25. The lowest BCUT2D eigenvalue weighted by atomic mass is 10.1. The average molecular weight is 496 g/mol. The molecule has 0 saturated heterocycles. The van der Waals surface area contributed by atoms with Crippen LogP contribution in [0.1, 0.15) is 5.56 Å². The van der Waals surface area contributed by atoms with Gasteiger partial charge in [0.2, 0.25) is 0 Å². The molecule has 0 atom stereocenters. The molecule has 8 heteroatoms. The van der Waals surface area contributed by atoms with E-state index in [4.69, 9.17) is 4.74 Å². The minimum Gasteiger partial charge on any atom is -0.487 e. The van der Waals surface area contributed by atoms with Gasteiger partial charge in [-0.2, -0.15) is 5.10 Å². The minimum atomic E-state index is 0.477. The molecule has 6 aromatic heterocycles. The Morgan fingerprint density at radius 3 is 2.53 bits per heavy atom. The molecule has 0 spiro atoms. The van der Waals surface area contributed by atoms with Crippen molar-refractivity contribution >= 4 is 21.9 Å². The summed E-state index contributed by atoms with van der Waals surface area (Å²) in [6.45, 7) is 0.477. The van der Waals surface area contributed by atoms with Gasteiger partial charge in [-0.15, -0.1) is 0 Å². The van der Waals surface area contributed by atoms with Gasteiger partial charge in [-0.25, -0.2) is 4.98 Å². The average Bonchev–Trinajstić information content (AvgIpc) is 3.61. The Bertz CT molecular complexity index is 1880. The highest BCUT2D eigenvalue weighted by Gasteiger charge is 2.16. The van der Waals surface area contributed by atoms with Crippen LogP contribution in [-0.2, 0) is 6.61 Å². The van der Waals surface area contributed by atoms with Gasteiger partial charge in [0.05, 0.1) is 29.0 Å². The van der Waals surface area contributed by atoms with E-state index < -0.39 is 0 Å². The first-order chi connectivity index (χ1) is 18.8. The molecule has 0 aliphatic rings. The van der Waals surface area contributed by atoms with Crippen molar-refractivity contribution in [1.82, 2.24) is 35.1 Å². The Kier molecular flexibility index (Phi) is 5.33. The first-order valence-electron chi connectivity index (χ1n) is 12.2. The van der Waals surface area contributed by atoms with E-state index in [0.717, 1.165) is 55.8 Å². The number of hydrogen-bond acceptors (Lipinski definition) is 6. The summed E-state index contributed by atoms with van der Waals surface area (Å²) in [5.41, 5.74) is 7.93. The van der Waals surface area contributed by atoms with Crippen LogP contribution < -0.4 is 4.74 Å². The van der Waals surface area contributed by atoms with E-state index in [1.54, 1.807) is 24.8 Å². The van der Waals surface area contributed by atoms with Crippen molar-refractivity contribution in [2.24, 2.45) is 0 Å². The monoisotopic (exact) mass is 495 g/mol. The SMILES string of the molecule is c1ccc(COc2cncc(-c3cnc4n[nH]c(-c5cc6c(-c7ccccn7)nccc6[nH]5)c4c3)c2)cc1. The van der Waals surface area contributed by atoms with E-state index in [1.165, 1.54) is 0 Å². The molecular weight excluding hydrogens is 474 g/mol. The van der Waals surface area contributed by atoms with Crippen molar-refractivity contribution < 1.29 is 4.74 Å². The van der Waals surface area contributed by atoms with Crippen LogP contribution in [0.3, 0.4) is 0 Å². The molecule has 0 radical (unpaired) electrons. The maximum Gasteiger partial charge on any atom is 0.181 e. The summed E-state index contributed by atoms with van der Waals surface area (Å²) in [5, 5.41) is 9.48. The third kappa shape index (κ3) is 4.04. The van der Waals surface area contributed by atoms with Crippen LogP contribution in [0.5, 0.6) is 5.75 Å². The zero-order valence-electron chi connectivity index (χ0n) is 20.2. The van der Waals surface area contributed by atoms with Crippen LogP contribution in [0.15, 0.2) is 104 Å². The van der Waals surface area contributed by atoms with Crippen LogP contribution in [0.4, 0.5) is 0 Å². The summed E-state index contributed by atoms with van der Waals surface area (Å²) in [6, 6.07) is 24.0. The number of nitrogens with zero attached hydrogens (tertiary/aromatic N) is 5. The Balaban J connectivity index is 1.24. The molecule has 0 saturated carbocycles. The zero-order valence-corrected chi connectivity index (χ0v) is 20.2. The van der Waals surface area contributed by atoms with E-state index in [2.05, 4.69) is 47.2 Å². The van der Waals surface area contributed by atoms with Crippen molar-refractivity contribution in [3.8, 4) is 39.7 Å². The lowest BCUT2D eigenvalue weighted by molar-refractivity contribution is 0.305. The van der Waals surface area contributed by atoms with Crippen LogP contribution in [-0.4, -0.2) is 35.1 Å². The summed E-state index contributed by atoms with van der Waals surface area (Å²) >= 11 is 0. The molecule has 0 aliphatic heterocycles. The topological polar surface area (TPSA) is 105 Å². The fraction of sp³-hybridized carbons (Fsp3) is 0.0333. The third-order valence-electron chi connectivity index (χ3n) is 6.43. The number of hydrogen-bond donors (Lipinski definition) is 2. The van der Waals surface area contributed by atoms with Crippen LogP contribution in [0.2, 0.25) is 0 Å². The highest BCUT2D eigenvalue weighted by Crippen LogP contribution is 2.33. The largest absolute Gasteiger partial charge is 0.487 e. The van der Waals surface area contributed by atoms with Crippen molar-refractivity contribution in [3.63, 3.8) is 0 Å². The van der Waals surface area contributed by atoms with Gasteiger partial charge in [0.25, 0.3) is 0 Å². The van der Waals surface area contributed by atoms with Crippen molar-refractivity contribution in [1.29, 1.82) is 0 Å². The highest BCUT2D eigenvalue weighted by atomic mass is 16.5.